The van der Waals surface area contributed by atoms with Gasteiger partial charge in [0.1, 0.15) is 0 Å². The van der Waals surface area contributed by atoms with Gasteiger partial charge < -0.3 is 0 Å². The van der Waals surface area contributed by atoms with Gasteiger partial charge in [0, 0.05) is 24.4 Å². The highest BCUT2D eigenvalue weighted by atomic mass is 16.1. The lowest BCUT2D eigenvalue weighted by atomic mass is 10.0. The molecule has 0 N–H and O–H groups in total. The number of ketones is 1. The van der Waals surface area contributed by atoms with Gasteiger partial charge in [-0.1, -0.05) is 31.2 Å². The Morgan fingerprint density at radius 3 is 2.39 bits per heavy atom. The van der Waals surface area contributed by atoms with Gasteiger partial charge in [0.15, 0.2) is 5.78 Å². The van der Waals surface area contributed by atoms with Crippen LogP contribution >= 0.6 is 0 Å². The number of aryl methyl sites for hydroxylation is 2. The first-order valence-corrected chi connectivity index (χ1v) is 6.21. The third-order valence-corrected chi connectivity index (χ3v) is 2.99. The molecule has 2 nitrogen and oxygen atoms in total. The van der Waals surface area contributed by atoms with Gasteiger partial charge >= 0.3 is 0 Å². The molecule has 2 rings (SSSR count). The van der Waals surface area contributed by atoms with E-state index < -0.39 is 0 Å². The van der Waals surface area contributed by atoms with Crippen molar-refractivity contribution in [1.82, 2.24) is 4.98 Å². The Morgan fingerprint density at radius 2 is 1.78 bits per heavy atom. The van der Waals surface area contributed by atoms with E-state index in [2.05, 4.69) is 24.0 Å². The molecule has 0 amide bonds. The van der Waals surface area contributed by atoms with Gasteiger partial charge in [-0.05, 0) is 36.1 Å². The molecule has 92 valence electrons. The molecular weight excluding hydrogens is 222 g/mol. The summed E-state index contributed by atoms with van der Waals surface area (Å²) in [5, 5.41) is 0. The lowest BCUT2D eigenvalue weighted by molar-refractivity contribution is 0.0992. The molecule has 1 aromatic carbocycles. The van der Waals surface area contributed by atoms with E-state index >= 15 is 0 Å². The highest BCUT2D eigenvalue weighted by Gasteiger charge is 2.07. The van der Waals surface area contributed by atoms with Gasteiger partial charge in [-0.3, -0.25) is 9.78 Å². The predicted octanol–water partition coefficient (Wildman–Crippen LogP) is 3.38. The van der Waals surface area contributed by atoms with Gasteiger partial charge in [0.25, 0.3) is 0 Å². The molecule has 0 aliphatic carbocycles. The number of rotatable bonds is 4. The van der Waals surface area contributed by atoms with E-state index in [9.17, 15) is 4.79 Å². The normalized spacial score (nSPS) is 10.3. The molecule has 0 saturated carbocycles. The first-order valence-electron chi connectivity index (χ1n) is 6.21. The van der Waals surface area contributed by atoms with E-state index in [4.69, 9.17) is 0 Å². The molecule has 0 saturated heterocycles. The van der Waals surface area contributed by atoms with E-state index in [0.29, 0.717) is 12.0 Å². The van der Waals surface area contributed by atoms with Crippen LogP contribution in [-0.2, 0) is 12.8 Å². The van der Waals surface area contributed by atoms with Crippen molar-refractivity contribution in [3.63, 3.8) is 0 Å². The third-order valence-electron chi connectivity index (χ3n) is 2.99. The number of hydrogen-bond acceptors (Lipinski definition) is 2. The maximum Gasteiger partial charge on any atom is 0.168 e. The van der Waals surface area contributed by atoms with Crippen LogP contribution in [0.3, 0.4) is 0 Å². The zero-order valence-electron chi connectivity index (χ0n) is 10.8. The zero-order valence-corrected chi connectivity index (χ0v) is 10.8. The monoisotopic (exact) mass is 239 g/mol. The second-order valence-electron chi connectivity index (χ2n) is 4.52. The van der Waals surface area contributed by atoms with E-state index in [1.54, 1.807) is 12.4 Å². The first kappa shape index (κ1) is 12.5. The van der Waals surface area contributed by atoms with Crippen molar-refractivity contribution in [3.05, 3.63) is 65.0 Å². The summed E-state index contributed by atoms with van der Waals surface area (Å²) in [5.41, 5.74) is 4.05. The Kier molecular flexibility index (Phi) is 3.88. The number of pyridine rings is 1. The van der Waals surface area contributed by atoms with Crippen LogP contribution in [0.1, 0.15) is 34.0 Å². The summed E-state index contributed by atoms with van der Waals surface area (Å²) in [6.07, 6.45) is 4.85. The fourth-order valence-corrected chi connectivity index (χ4v) is 1.89. The van der Waals surface area contributed by atoms with E-state index in [-0.39, 0.29) is 5.78 Å². The Labute approximate surface area is 108 Å². The number of carbonyl (C=O) groups is 1. The van der Waals surface area contributed by atoms with E-state index in [1.165, 1.54) is 5.56 Å². The summed E-state index contributed by atoms with van der Waals surface area (Å²) in [6.45, 7) is 4.07. The van der Waals surface area contributed by atoms with Crippen LogP contribution in [0, 0.1) is 6.92 Å². The smallest absolute Gasteiger partial charge is 0.168 e. The van der Waals surface area contributed by atoms with Crippen LogP contribution in [-0.4, -0.2) is 10.8 Å². The SMILES string of the molecule is CCc1ccc(CC(=O)c2cncc(C)c2)cc1. The van der Waals surface area contributed by atoms with Crippen molar-refractivity contribution in [3.8, 4) is 0 Å². The fraction of sp³-hybridized carbons (Fsp3) is 0.250. The number of hydrogen-bond donors (Lipinski definition) is 0. The summed E-state index contributed by atoms with van der Waals surface area (Å²) in [4.78, 5) is 16.1. The van der Waals surface area contributed by atoms with Gasteiger partial charge in [-0.2, -0.15) is 0 Å². The molecule has 0 aliphatic rings. The third kappa shape index (κ3) is 3.04. The van der Waals surface area contributed by atoms with Crippen molar-refractivity contribution in [2.24, 2.45) is 0 Å². The van der Waals surface area contributed by atoms with Gasteiger partial charge in [0.2, 0.25) is 0 Å². The highest BCUT2D eigenvalue weighted by molar-refractivity contribution is 5.97. The molecule has 0 unspecified atom stereocenters. The van der Waals surface area contributed by atoms with Crippen molar-refractivity contribution in [2.45, 2.75) is 26.7 Å². The number of benzene rings is 1. The minimum absolute atomic E-state index is 0.121. The van der Waals surface area contributed by atoms with Crippen LogP contribution in [0.25, 0.3) is 0 Å². The minimum atomic E-state index is 0.121. The molecular formula is C16H17NO. The summed E-state index contributed by atoms with van der Waals surface area (Å²) < 4.78 is 0. The second-order valence-corrected chi connectivity index (χ2v) is 4.52. The fourth-order valence-electron chi connectivity index (χ4n) is 1.89. The summed E-state index contributed by atoms with van der Waals surface area (Å²) >= 11 is 0. The molecule has 1 aromatic heterocycles. The molecule has 18 heavy (non-hydrogen) atoms. The van der Waals surface area contributed by atoms with Crippen LogP contribution in [0.5, 0.6) is 0 Å². The standard InChI is InChI=1S/C16H17NO/c1-3-13-4-6-14(7-5-13)9-16(18)15-8-12(2)10-17-11-15/h4-8,10-11H,3,9H2,1-2H3. The maximum absolute atomic E-state index is 12.1. The summed E-state index contributed by atoms with van der Waals surface area (Å²) in [5.74, 6) is 0.121. The number of nitrogens with zero attached hydrogens (tertiary/aromatic N) is 1. The summed E-state index contributed by atoms with van der Waals surface area (Å²) in [7, 11) is 0. The van der Waals surface area contributed by atoms with Gasteiger partial charge in [-0.15, -0.1) is 0 Å². The number of aromatic nitrogens is 1. The van der Waals surface area contributed by atoms with Crippen LogP contribution in [0.4, 0.5) is 0 Å². The lowest BCUT2D eigenvalue weighted by Crippen LogP contribution is -2.04. The molecule has 0 radical (unpaired) electrons. The molecule has 0 spiro atoms. The minimum Gasteiger partial charge on any atom is -0.294 e. The predicted molar refractivity (Wildman–Crippen MR) is 72.8 cm³/mol. The molecule has 0 aliphatic heterocycles. The number of Topliss-reactive ketones (excluding diaryl/α,β-unsaturated/α-hetero) is 1. The van der Waals surface area contributed by atoms with Crippen LogP contribution in [0.2, 0.25) is 0 Å². The van der Waals surface area contributed by atoms with Crippen LogP contribution < -0.4 is 0 Å². The second kappa shape index (κ2) is 5.58. The van der Waals surface area contributed by atoms with E-state index in [1.807, 2.05) is 25.1 Å². The summed E-state index contributed by atoms with van der Waals surface area (Å²) in [6, 6.07) is 10.1. The highest BCUT2D eigenvalue weighted by Crippen LogP contribution is 2.10. The quantitative estimate of drug-likeness (QED) is 0.766. The topological polar surface area (TPSA) is 30.0 Å². The van der Waals surface area contributed by atoms with Crippen molar-refractivity contribution in [2.75, 3.05) is 0 Å². The van der Waals surface area contributed by atoms with Crippen molar-refractivity contribution in [1.29, 1.82) is 0 Å². The zero-order chi connectivity index (χ0) is 13.0. The van der Waals surface area contributed by atoms with Crippen molar-refractivity contribution < 1.29 is 4.79 Å². The lowest BCUT2D eigenvalue weighted by Gasteiger charge is -2.03. The number of carbonyl (C=O) groups excluding carboxylic acids is 1. The molecule has 2 heteroatoms. The average Bonchev–Trinajstić information content (AvgIpc) is 2.39. The van der Waals surface area contributed by atoms with Crippen LogP contribution in [0.15, 0.2) is 42.7 Å². The Balaban J connectivity index is 2.11. The van der Waals surface area contributed by atoms with Gasteiger partial charge in [-0.25, -0.2) is 0 Å². The van der Waals surface area contributed by atoms with Crippen molar-refractivity contribution >= 4 is 5.78 Å². The molecule has 2 aromatic rings. The average molecular weight is 239 g/mol. The Morgan fingerprint density at radius 1 is 1.11 bits per heavy atom. The maximum atomic E-state index is 12.1. The molecule has 0 bridgehead atoms. The van der Waals surface area contributed by atoms with Gasteiger partial charge in [0.05, 0.1) is 0 Å². The Bertz CT molecular complexity index is 543. The largest absolute Gasteiger partial charge is 0.294 e. The molecule has 0 atom stereocenters. The molecule has 1 heterocycles. The first-order chi connectivity index (χ1) is 8.69. The Hall–Kier alpha value is -1.96. The molecule has 0 fully saturated rings. The van der Waals surface area contributed by atoms with E-state index in [0.717, 1.165) is 17.5 Å².